The van der Waals surface area contributed by atoms with Gasteiger partial charge in [-0.1, -0.05) is 13.3 Å². The summed E-state index contributed by atoms with van der Waals surface area (Å²) in [5.74, 6) is -0.00116. The lowest BCUT2D eigenvalue weighted by atomic mass is 9.99. The average Bonchev–Trinajstić information content (AvgIpc) is 2.50. The maximum absolute atomic E-state index is 11.8. The summed E-state index contributed by atoms with van der Waals surface area (Å²) in [6.45, 7) is 6.21. The normalized spacial score (nSPS) is 11.5. The van der Waals surface area contributed by atoms with Gasteiger partial charge in [0.15, 0.2) is 0 Å². The van der Waals surface area contributed by atoms with Gasteiger partial charge in [-0.3, -0.25) is 4.79 Å². The first-order chi connectivity index (χ1) is 6.94. The SMILES string of the molecule is CCCC(C)(C)NC(=O)c1cc(S)cs1. The van der Waals surface area contributed by atoms with Crippen molar-refractivity contribution in [2.45, 2.75) is 44.0 Å². The van der Waals surface area contributed by atoms with Crippen molar-refractivity contribution in [3.8, 4) is 0 Å². The number of carbonyl (C=O) groups is 1. The molecule has 0 aliphatic carbocycles. The number of thiol groups is 1. The summed E-state index contributed by atoms with van der Waals surface area (Å²) in [4.78, 5) is 13.4. The Morgan fingerprint density at radius 3 is 2.73 bits per heavy atom. The Morgan fingerprint density at radius 1 is 1.60 bits per heavy atom. The van der Waals surface area contributed by atoms with Crippen molar-refractivity contribution in [2.24, 2.45) is 0 Å². The molecule has 0 radical (unpaired) electrons. The number of carbonyl (C=O) groups excluding carboxylic acids is 1. The minimum absolute atomic E-state index is 0.00116. The van der Waals surface area contributed by atoms with E-state index in [0.717, 1.165) is 22.6 Å². The Morgan fingerprint density at radius 2 is 2.27 bits per heavy atom. The molecule has 1 aromatic heterocycles. The van der Waals surface area contributed by atoms with E-state index in [0.29, 0.717) is 0 Å². The van der Waals surface area contributed by atoms with Gasteiger partial charge in [-0.15, -0.1) is 24.0 Å². The molecule has 0 unspecified atom stereocenters. The molecule has 1 amide bonds. The summed E-state index contributed by atoms with van der Waals surface area (Å²) in [5, 5.41) is 4.89. The highest BCUT2D eigenvalue weighted by Crippen LogP contribution is 2.19. The third-order valence-electron chi connectivity index (χ3n) is 2.14. The van der Waals surface area contributed by atoms with Crippen LogP contribution in [0.1, 0.15) is 43.3 Å². The van der Waals surface area contributed by atoms with Crippen molar-refractivity contribution < 1.29 is 4.79 Å². The van der Waals surface area contributed by atoms with Crippen LogP contribution in [0.5, 0.6) is 0 Å². The molecule has 2 nitrogen and oxygen atoms in total. The van der Waals surface area contributed by atoms with Crippen LogP contribution in [0.2, 0.25) is 0 Å². The summed E-state index contributed by atoms with van der Waals surface area (Å²) in [5.41, 5.74) is -0.132. The van der Waals surface area contributed by atoms with Crippen LogP contribution in [0.25, 0.3) is 0 Å². The van der Waals surface area contributed by atoms with Crippen molar-refractivity contribution >= 4 is 29.9 Å². The summed E-state index contributed by atoms with van der Waals surface area (Å²) in [7, 11) is 0. The molecule has 15 heavy (non-hydrogen) atoms. The van der Waals surface area contributed by atoms with Crippen LogP contribution >= 0.6 is 24.0 Å². The zero-order valence-corrected chi connectivity index (χ0v) is 11.0. The van der Waals surface area contributed by atoms with Gasteiger partial charge in [0.05, 0.1) is 4.88 Å². The van der Waals surface area contributed by atoms with Gasteiger partial charge in [0.1, 0.15) is 0 Å². The molecule has 84 valence electrons. The zero-order valence-electron chi connectivity index (χ0n) is 9.33. The number of nitrogens with one attached hydrogen (secondary N) is 1. The van der Waals surface area contributed by atoms with E-state index in [4.69, 9.17) is 0 Å². The van der Waals surface area contributed by atoms with E-state index in [9.17, 15) is 4.79 Å². The highest BCUT2D eigenvalue weighted by Gasteiger charge is 2.20. The third-order valence-corrected chi connectivity index (χ3v) is 3.50. The molecular weight excluding hydrogens is 226 g/mol. The molecule has 1 N–H and O–H groups in total. The molecule has 0 atom stereocenters. The van der Waals surface area contributed by atoms with Crippen molar-refractivity contribution in [3.63, 3.8) is 0 Å². The topological polar surface area (TPSA) is 29.1 Å². The van der Waals surface area contributed by atoms with E-state index in [-0.39, 0.29) is 11.4 Å². The maximum Gasteiger partial charge on any atom is 0.261 e. The number of amides is 1. The molecule has 4 heteroatoms. The highest BCUT2D eigenvalue weighted by atomic mass is 32.1. The second-order valence-corrected chi connectivity index (χ2v) is 5.68. The van der Waals surface area contributed by atoms with E-state index in [1.54, 1.807) is 6.07 Å². The van der Waals surface area contributed by atoms with E-state index >= 15 is 0 Å². The molecule has 0 aliphatic heterocycles. The molecule has 0 bridgehead atoms. The van der Waals surface area contributed by atoms with Crippen molar-refractivity contribution in [1.29, 1.82) is 0 Å². The fraction of sp³-hybridized carbons (Fsp3) is 0.545. The minimum Gasteiger partial charge on any atom is -0.346 e. The first-order valence-corrected chi connectivity index (χ1v) is 6.37. The van der Waals surface area contributed by atoms with Gasteiger partial charge in [-0.25, -0.2) is 0 Å². The monoisotopic (exact) mass is 243 g/mol. The third kappa shape index (κ3) is 3.87. The van der Waals surface area contributed by atoms with Gasteiger partial charge >= 0.3 is 0 Å². The van der Waals surface area contributed by atoms with E-state index in [1.807, 2.05) is 19.2 Å². The van der Waals surface area contributed by atoms with Crippen molar-refractivity contribution in [2.75, 3.05) is 0 Å². The standard InChI is InChI=1S/C11H17NOS2/c1-4-5-11(2,3)12-10(13)9-6-8(14)7-15-9/h6-7,14H,4-5H2,1-3H3,(H,12,13). The lowest BCUT2D eigenvalue weighted by Gasteiger charge is -2.25. The predicted molar refractivity (Wildman–Crippen MR) is 68.0 cm³/mol. The fourth-order valence-corrected chi connectivity index (χ4v) is 2.55. The van der Waals surface area contributed by atoms with Crippen LogP contribution in [0.3, 0.4) is 0 Å². The number of hydrogen-bond donors (Lipinski definition) is 2. The van der Waals surface area contributed by atoms with Crippen LogP contribution < -0.4 is 5.32 Å². The lowest BCUT2D eigenvalue weighted by Crippen LogP contribution is -2.42. The Bertz CT molecular complexity index is 344. The maximum atomic E-state index is 11.8. The molecule has 0 aliphatic rings. The van der Waals surface area contributed by atoms with Gasteiger partial charge in [0.2, 0.25) is 0 Å². The lowest BCUT2D eigenvalue weighted by molar-refractivity contribution is 0.0913. The number of hydrogen-bond acceptors (Lipinski definition) is 3. The zero-order chi connectivity index (χ0) is 11.5. The van der Waals surface area contributed by atoms with Gasteiger partial charge in [-0.05, 0) is 26.3 Å². The van der Waals surface area contributed by atoms with Crippen molar-refractivity contribution in [3.05, 3.63) is 16.3 Å². The largest absolute Gasteiger partial charge is 0.346 e. The van der Waals surface area contributed by atoms with Gasteiger partial charge < -0.3 is 5.32 Å². The smallest absolute Gasteiger partial charge is 0.261 e. The summed E-state index contributed by atoms with van der Waals surface area (Å²) >= 11 is 5.61. The Balaban J connectivity index is 2.63. The van der Waals surface area contributed by atoms with Gasteiger partial charge in [-0.2, -0.15) is 0 Å². The van der Waals surface area contributed by atoms with Crippen molar-refractivity contribution in [1.82, 2.24) is 5.32 Å². The van der Waals surface area contributed by atoms with E-state index in [2.05, 4.69) is 24.9 Å². The number of thiophene rings is 1. The second-order valence-electron chi connectivity index (χ2n) is 4.26. The van der Waals surface area contributed by atoms with Gasteiger partial charge in [0.25, 0.3) is 5.91 Å². The summed E-state index contributed by atoms with van der Waals surface area (Å²) in [6.07, 6.45) is 2.05. The molecule has 1 aromatic rings. The molecule has 0 fully saturated rings. The van der Waals surface area contributed by atoms with Crippen LogP contribution in [-0.4, -0.2) is 11.4 Å². The second kappa shape index (κ2) is 5.03. The Hall–Kier alpha value is -0.480. The Kier molecular flexibility index (Phi) is 4.22. The first-order valence-electron chi connectivity index (χ1n) is 5.04. The average molecular weight is 243 g/mol. The molecule has 1 rings (SSSR count). The molecule has 0 saturated heterocycles. The van der Waals surface area contributed by atoms with Crippen LogP contribution in [0.15, 0.2) is 16.3 Å². The van der Waals surface area contributed by atoms with Crippen LogP contribution in [0, 0.1) is 0 Å². The predicted octanol–water partition coefficient (Wildman–Crippen LogP) is 3.35. The minimum atomic E-state index is -0.132. The van der Waals surface area contributed by atoms with Crippen LogP contribution in [0.4, 0.5) is 0 Å². The molecule has 0 spiro atoms. The van der Waals surface area contributed by atoms with Gasteiger partial charge in [0, 0.05) is 15.8 Å². The van der Waals surface area contributed by atoms with E-state index < -0.39 is 0 Å². The van der Waals surface area contributed by atoms with E-state index in [1.165, 1.54) is 11.3 Å². The molecule has 0 aromatic carbocycles. The first kappa shape index (κ1) is 12.6. The summed E-state index contributed by atoms with van der Waals surface area (Å²) in [6, 6.07) is 1.80. The van der Waals surface area contributed by atoms with Crippen LogP contribution in [-0.2, 0) is 0 Å². The highest BCUT2D eigenvalue weighted by molar-refractivity contribution is 7.80. The number of rotatable bonds is 4. The molecular formula is C11H17NOS2. The Labute approximate surface area is 100 Å². The fourth-order valence-electron chi connectivity index (χ4n) is 1.50. The summed E-state index contributed by atoms with van der Waals surface area (Å²) < 4.78 is 0. The quantitative estimate of drug-likeness (QED) is 0.780. The molecule has 0 saturated carbocycles. The molecule has 1 heterocycles.